The Morgan fingerprint density at radius 1 is 0.533 bits per heavy atom. The summed E-state index contributed by atoms with van der Waals surface area (Å²) in [6.07, 6.45) is -8.10. The Bertz CT molecular complexity index is 1690. The number of aromatic hydroxyl groups is 1. The summed E-state index contributed by atoms with van der Waals surface area (Å²) in [5.41, 5.74) is 11.1. The van der Waals surface area contributed by atoms with Crippen molar-refractivity contribution in [3.63, 3.8) is 0 Å². The smallest absolute Gasteiger partial charge is 0.328 e. The quantitative estimate of drug-likeness (QED) is 0.0459. The van der Waals surface area contributed by atoms with Crippen LogP contribution in [0.25, 0.3) is 0 Å². The predicted octanol–water partition coefficient (Wildman–Crippen LogP) is -7.85. The number of aliphatic hydroxyl groups is 5. The van der Waals surface area contributed by atoms with Crippen LogP contribution in [0.4, 0.5) is 0 Å². The lowest BCUT2D eigenvalue weighted by atomic mass is 10.0. The molecule has 8 amide bonds. The van der Waals surface area contributed by atoms with Crippen molar-refractivity contribution in [1.82, 2.24) is 37.2 Å². The number of carbonyl (C=O) groups excluding carboxylic acids is 8. The second-order valence-corrected chi connectivity index (χ2v) is 13.9. The molecular formula is C35H55N9O16. The van der Waals surface area contributed by atoms with Crippen molar-refractivity contribution in [3.05, 3.63) is 29.8 Å². The lowest BCUT2D eigenvalue weighted by Gasteiger charge is -2.29. The number of phenolic OH excluding ortho intramolecular Hbond substituents is 1. The number of primary amides is 1. The average molecular weight is 858 g/mol. The van der Waals surface area contributed by atoms with Gasteiger partial charge >= 0.3 is 5.97 Å². The fourth-order valence-corrected chi connectivity index (χ4v) is 5.12. The second kappa shape index (κ2) is 24.2. The molecule has 1 rings (SSSR count). The molecule has 0 saturated carbocycles. The summed E-state index contributed by atoms with van der Waals surface area (Å²) in [5.74, 6) is -11.3. The van der Waals surface area contributed by atoms with Gasteiger partial charge in [0.1, 0.15) is 42.0 Å². The standard InChI is InChI=1S/C35H55N9O16/c1-13(36)28(52)40-22(12-45)31(55)41-25(15(3)47)33(57)43-26(16(4)48)34(58)42-24(14(2)46)32(56)39-21(11-23(37)51)29(53)38-20(10-18-6-8-19(50)9-7-18)30(54)44-27(17(5)49)35(59)60/h6-9,13-17,20-22,24-27,45-50H,10-12,36H2,1-5H3,(H2,37,51)(H,38,53)(H,39,56)(H,40,52)(H,41,55)(H,42,58)(H,43,57)(H,44,54)(H,59,60)/t13-,14-,15+,16+,17+,20-,21-,22-,24-,25-,26-,27-/m0/s1. The number of nitrogens with one attached hydrogen (secondary N) is 7. The van der Waals surface area contributed by atoms with E-state index in [2.05, 4.69) is 37.2 Å². The molecule has 0 aromatic heterocycles. The number of rotatable bonds is 24. The van der Waals surface area contributed by atoms with E-state index in [4.69, 9.17) is 11.5 Å². The number of carbonyl (C=O) groups is 9. The van der Waals surface area contributed by atoms with E-state index in [0.717, 1.165) is 27.7 Å². The fraction of sp³-hybridized carbons (Fsp3) is 0.571. The number of carboxylic acid groups (broad SMARTS) is 1. The lowest BCUT2D eigenvalue weighted by molar-refractivity contribution is -0.145. The first-order valence-electron chi connectivity index (χ1n) is 18.3. The molecule has 60 heavy (non-hydrogen) atoms. The Labute approximate surface area is 343 Å². The molecule has 0 unspecified atom stereocenters. The number of amides is 8. The Balaban J connectivity index is 3.33. The van der Waals surface area contributed by atoms with E-state index in [0.29, 0.717) is 5.56 Å². The van der Waals surface area contributed by atoms with Crippen molar-refractivity contribution in [1.29, 1.82) is 0 Å². The van der Waals surface area contributed by atoms with Gasteiger partial charge < -0.3 is 84.4 Å². The molecule has 12 atom stereocenters. The zero-order chi connectivity index (χ0) is 46.2. The molecule has 0 aliphatic heterocycles. The van der Waals surface area contributed by atoms with Crippen molar-refractivity contribution in [2.24, 2.45) is 11.5 Å². The van der Waals surface area contributed by atoms with Crippen LogP contribution in [0.3, 0.4) is 0 Å². The van der Waals surface area contributed by atoms with Crippen molar-refractivity contribution in [2.75, 3.05) is 6.61 Å². The minimum Gasteiger partial charge on any atom is -0.508 e. The summed E-state index contributed by atoms with van der Waals surface area (Å²) in [6, 6.07) is -8.69. The molecular weight excluding hydrogens is 802 g/mol. The molecule has 18 N–H and O–H groups in total. The molecule has 0 radical (unpaired) electrons. The summed E-state index contributed by atoms with van der Waals surface area (Å²) >= 11 is 0. The van der Waals surface area contributed by atoms with E-state index in [9.17, 15) is 78.9 Å². The molecule has 0 bridgehead atoms. The second-order valence-electron chi connectivity index (χ2n) is 13.9. The molecule has 0 saturated heterocycles. The number of phenols is 1. The van der Waals surface area contributed by atoms with E-state index >= 15 is 0 Å². The van der Waals surface area contributed by atoms with Gasteiger partial charge in [-0.25, -0.2) is 4.79 Å². The predicted molar refractivity (Wildman–Crippen MR) is 204 cm³/mol. The van der Waals surface area contributed by atoms with Gasteiger partial charge in [0.2, 0.25) is 47.3 Å². The first kappa shape index (κ1) is 52.0. The molecule has 0 fully saturated rings. The minimum atomic E-state index is -2.00. The number of nitrogens with two attached hydrogens (primary N) is 2. The van der Waals surface area contributed by atoms with Crippen molar-refractivity contribution < 1.29 is 78.9 Å². The third kappa shape index (κ3) is 16.7. The Morgan fingerprint density at radius 3 is 1.27 bits per heavy atom. The Kier molecular flexibility index (Phi) is 21.0. The van der Waals surface area contributed by atoms with Gasteiger partial charge in [-0.1, -0.05) is 12.1 Å². The van der Waals surface area contributed by atoms with Crippen LogP contribution in [0.15, 0.2) is 24.3 Å². The largest absolute Gasteiger partial charge is 0.508 e. The number of hydrogen-bond donors (Lipinski definition) is 16. The monoisotopic (exact) mass is 857 g/mol. The summed E-state index contributed by atoms with van der Waals surface area (Å²) in [4.78, 5) is 115. The SMILES string of the molecule is C[C@H](N)C(=O)N[C@@H](CO)C(=O)N[C@H](C(=O)N[C@H](C(=O)N[C@H](C(=O)N[C@@H](CC(N)=O)C(=O)N[C@@H](Cc1ccc(O)cc1)C(=O)N[C@H](C(=O)O)[C@@H](C)O)[C@H](C)O)[C@@H](C)O)[C@@H](C)O. The van der Waals surface area contributed by atoms with Crippen LogP contribution in [0, 0.1) is 0 Å². The summed E-state index contributed by atoms with van der Waals surface area (Å²) < 4.78 is 0. The molecule has 1 aromatic rings. The summed E-state index contributed by atoms with van der Waals surface area (Å²) in [6.45, 7) is 4.53. The van der Waals surface area contributed by atoms with Gasteiger partial charge in [-0.15, -0.1) is 0 Å². The number of aliphatic hydroxyl groups excluding tert-OH is 5. The van der Waals surface area contributed by atoms with Gasteiger partial charge in [0.05, 0.1) is 43.5 Å². The molecule has 0 aliphatic rings. The maximum atomic E-state index is 13.6. The van der Waals surface area contributed by atoms with E-state index < -0.39 is 139 Å². The topological polar surface area (TPSA) is 431 Å². The third-order valence-corrected chi connectivity index (χ3v) is 8.51. The molecule has 25 nitrogen and oxygen atoms in total. The van der Waals surface area contributed by atoms with Gasteiger partial charge in [0.15, 0.2) is 6.04 Å². The van der Waals surface area contributed by atoms with Gasteiger partial charge in [0, 0.05) is 6.42 Å². The number of aliphatic carboxylic acids is 1. The number of carboxylic acids is 1. The number of hydrogen-bond acceptors (Lipinski definition) is 16. The molecule has 0 spiro atoms. The van der Waals surface area contributed by atoms with Crippen LogP contribution in [0.2, 0.25) is 0 Å². The third-order valence-electron chi connectivity index (χ3n) is 8.51. The van der Waals surface area contributed by atoms with Crippen LogP contribution < -0.4 is 48.7 Å². The van der Waals surface area contributed by atoms with Crippen LogP contribution in [0.1, 0.15) is 46.6 Å². The molecule has 0 heterocycles. The molecule has 0 aliphatic carbocycles. The maximum absolute atomic E-state index is 13.6. The highest BCUT2D eigenvalue weighted by atomic mass is 16.4. The van der Waals surface area contributed by atoms with Crippen LogP contribution in [-0.4, -0.2) is 168 Å². The Morgan fingerprint density at radius 2 is 0.883 bits per heavy atom. The number of benzene rings is 1. The van der Waals surface area contributed by atoms with Crippen LogP contribution in [-0.2, 0) is 49.6 Å². The van der Waals surface area contributed by atoms with E-state index in [1.54, 1.807) is 0 Å². The van der Waals surface area contributed by atoms with Gasteiger partial charge in [-0.05, 0) is 52.3 Å². The summed E-state index contributed by atoms with van der Waals surface area (Å²) in [5, 5.41) is 84.5. The normalized spacial score (nSPS) is 17.1. The van der Waals surface area contributed by atoms with Crippen molar-refractivity contribution in [3.8, 4) is 5.75 Å². The highest BCUT2D eigenvalue weighted by molar-refractivity contribution is 5.99. The first-order chi connectivity index (χ1) is 27.8. The van der Waals surface area contributed by atoms with Gasteiger partial charge in [0.25, 0.3) is 0 Å². The molecule has 336 valence electrons. The Hall–Kier alpha value is -5.99. The van der Waals surface area contributed by atoms with Gasteiger partial charge in [-0.2, -0.15) is 0 Å². The van der Waals surface area contributed by atoms with Crippen molar-refractivity contribution >= 4 is 53.2 Å². The first-order valence-corrected chi connectivity index (χ1v) is 18.3. The van der Waals surface area contributed by atoms with Gasteiger partial charge in [-0.3, -0.25) is 38.4 Å². The van der Waals surface area contributed by atoms with E-state index in [-0.39, 0.29) is 12.2 Å². The van der Waals surface area contributed by atoms with Crippen LogP contribution >= 0.6 is 0 Å². The fourth-order valence-electron chi connectivity index (χ4n) is 5.12. The highest BCUT2D eigenvalue weighted by Crippen LogP contribution is 2.13. The van der Waals surface area contributed by atoms with Crippen molar-refractivity contribution in [2.45, 2.75) is 120 Å². The zero-order valence-electron chi connectivity index (χ0n) is 33.3. The average Bonchev–Trinajstić information content (AvgIpc) is 3.14. The summed E-state index contributed by atoms with van der Waals surface area (Å²) in [7, 11) is 0. The maximum Gasteiger partial charge on any atom is 0.328 e. The molecule has 25 heteroatoms. The zero-order valence-corrected chi connectivity index (χ0v) is 33.3. The van der Waals surface area contributed by atoms with E-state index in [1.807, 2.05) is 0 Å². The van der Waals surface area contributed by atoms with E-state index in [1.165, 1.54) is 31.2 Å². The minimum absolute atomic E-state index is 0.152. The van der Waals surface area contributed by atoms with Crippen LogP contribution in [0.5, 0.6) is 5.75 Å². The molecule has 1 aromatic carbocycles. The lowest BCUT2D eigenvalue weighted by Crippen LogP contribution is -2.64. The highest BCUT2D eigenvalue weighted by Gasteiger charge is 2.38.